The van der Waals surface area contributed by atoms with Gasteiger partial charge >= 0.3 is 0 Å². The summed E-state index contributed by atoms with van der Waals surface area (Å²) in [7, 11) is 0. The number of imidazole rings is 1. The highest BCUT2D eigenvalue weighted by Crippen LogP contribution is 2.22. The van der Waals surface area contributed by atoms with Crippen LogP contribution in [0.15, 0.2) is 90.2 Å². The maximum Gasteiger partial charge on any atom is 0.271 e. The third-order valence-electron chi connectivity index (χ3n) is 5.70. The molecule has 0 aliphatic heterocycles. The predicted octanol–water partition coefficient (Wildman–Crippen LogP) is 4.98. The molecule has 1 amide bonds. The van der Waals surface area contributed by atoms with Gasteiger partial charge in [-0.05, 0) is 44.2 Å². The van der Waals surface area contributed by atoms with Crippen molar-refractivity contribution in [3.8, 4) is 16.9 Å². The van der Waals surface area contributed by atoms with E-state index in [1.807, 2.05) is 84.5 Å². The van der Waals surface area contributed by atoms with Crippen LogP contribution in [0, 0.1) is 6.92 Å². The van der Waals surface area contributed by atoms with Gasteiger partial charge in [0, 0.05) is 29.4 Å². The number of hydrogen-bond acceptors (Lipinski definition) is 4. The van der Waals surface area contributed by atoms with Gasteiger partial charge in [0.2, 0.25) is 0 Å². The fourth-order valence-electron chi connectivity index (χ4n) is 4.03. The Labute approximate surface area is 197 Å². The van der Waals surface area contributed by atoms with Gasteiger partial charge in [-0.25, -0.2) is 15.1 Å². The van der Waals surface area contributed by atoms with Gasteiger partial charge in [0.15, 0.2) is 0 Å². The zero-order chi connectivity index (χ0) is 23.5. The lowest BCUT2D eigenvalue weighted by Gasteiger charge is -2.03. The van der Waals surface area contributed by atoms with E-state index in [2.05, 4.69) is 27.0 Å². The first-order valence-electron chi connectivity index (χ1n) is 11.1. The van der Waals surface area contributed by atoms with Crippen LogP contribution in [0.2, 0.25) is 0 Å². The summed E-state index contributed by atoms with van der Waals surface area (Å²) in [6.07, 6.45) is 3.53. The summed E-state index contributed by atoms with van der Waals surface area (Å²) in [5.41, 5.74) is 8.44. The summed E-state index contributed by atoms with van der Waals surface area (Å²) < 4.78 is 3.93. The van der Waals surface area contributed by atoms with Gasteiger partial charge in [0.1, 0.15) is 11.5 Å². The molecule has 0 aliphatic rings. The van der Waals surface area contributed by atoms with E-state index in [0.29, 0.717) is 5.56 Å². The molecule has 0 atom stereocenters. The van der Waals surface area contributed by atoms with E-state index in [9.17, 15) is 4.79 Å². The number of nitrogens with one attached hydrogen (secondary N) is 1. The molecule has 2 aromatic heterocycles. The van der Waals surface area contributed by atoms with E-state index >= 15 is 0 Å². The molecule has 3 aromatic carbocycles. The first kappa shape index (κ1) is 21.3. The summed E-state index contributed by atoms with van der Waals surface area (Å²) in [5, 5.41) is 8.99. The monoisotopic (exact) mass is 448 g/mol. The molecule has 34 heavy (non-hydrogen) atoms. The molecule has 7 heteroatoms. The van der Waals surface area contributed by atoms with Crippen LogP contribution in [0.4, 0.5) is 0 Å². The number of hydrazone groups is 1. The minimum absolute atomic E-state index is 0.293. The minimum atomic E-state index is -0.293. The molecule has 0 radical (unpaired) electrons. The number of carbonyl (C=O) groups is 1. The van der Waals surface area contributed by atoms with Crippen LogP contribution in [0.5, 0.6) is 0 Å². The Bertz CT molecular complexity index is 1480. The van der Waals surface area contributed by atoms with Crippen LogP contribution in [0.3, 0.4) is 0 Å². The number of amides is 1. The molecule has 5 rings (SSSR count). The first-order valence-corrected chi connectivity index (χ1v) is 11.1. The SMILES string of the molecule is CCn1c(C)nc2cc(C(=O)N/N=C\c3cn(-c4ccccc4)nc3-c3ccccc3)ccc21. The van der Waals surface area contributed by atoms with Crippen molar-refractivity contribution in [1.29, 1.82) is 0 Å². The Morgan fingerprint density at radius 1 is 1.03 bits per heavy atom. The number of fused-ring (bicyclic) bond motifs is 1. The van der Waals surface area contributed by atoms with Crippen molar-refractivity contribution in [3.63, 3.8) is 0 Å². The topological polar surface area (TPSA) is 77.1 Å². The standard InChI is InChI=1S/C27H24N6O/c1-3-32-19(2)29-24-16-21(14-15-25(24)32)27(34)30-28-17-22-18-33(23-12-8-5-9-13-23)31-26(22)20-10-6-4-7-11-20/h4-18H,3H2,1-2H3,(H,30,34)/b28-17-. The Morgan fingerprint density at radius 3 is 2.50 bits per heavy atom. The van der Waals surface area contributed by atoms with Crippen LogP contribution in [-0.4, -0.2) is 31.5 Å². The minimum Gasteiger partial charge on any atom is -0.329 e. The van der Waals surface area contributed by atoms with Gasteiger partial charge in [-0.3, -0.25) is 4.79 Å². The number of hydrogen-bond donors (Lipinski definition) is 1. The van der Waals surface area contributed by atoms with Crippen molar-refractivity contribution in [3.05, 3.63) is 102 Å². The molecule has 1 N–H and O–H groups in total. The molecule has 0 aliphatic carbocycles. The summed E-state index contributed by atoms with van der Waals surface area (Å²) in [5.74, 6) is 0.635. The highest BCUT2D eigenvalue weighted by molar-refractivity contribution is 5.98. The second kappa shape index (κ2) is 9.15. The van der Waals surface area contributed by atoms with Crippen molar-refractivity contribution < 1.29 is 4.79 Å². The number of aromatic nitrogens is 4. The molecular weight excluding hydrogens is 424 g/mol. The molecule has 0 fully saturated rings. The van der Waals surface area contributed by atoms with Gasteiger partial charge in [-0.15, -0.1) is 0 Å². The Balaban J connectivity index is 1.41. The quantitative estimate of drug-likeness (QED) is 0.294. The third-order valence-corrected chi connectivity index (χ3v) is 5.70. The highest BCUT2D eigenvalue weighted by atomic mass is 16.2. The number of nitrogens with zero attached hydrogens (tertiary/aromatic N) is 5. The third kappa shape index (κ3) is 4.11. The van der Waals surface area contributed by atoms with Crippen molar-refractivity contribution in [1.82, 2.24) is 24.8 Å². The molecular formula is C27H24N6O. The molecule has 2 heterocycles. The normalized spacial score (nSPS) is 11.4. The van der Waals surface area contributed by atoms with E-state index in [-0.39, 0.29) is 5.91 Å². The fraction of sp³-hybridized carbons (Fsp3) is 0.111. The lowest BCUT2D eigenvalue weighted by atomic mass is 10.1. The molecule has 0 saturated carbocycles. The van der Waals surface area contributed by atoms with E-state index in [1.165, 1.54) is 0 Å². The molecule has 0 spiro atoms. The first-order chi connectivity index (χ1) is 16.6. The fourth-order valence-corrected chi connectivity index (χ4v) is 4.03. The van der Waals surface area contributed by atoms with Crippen molar-refractivity contribution in [2.24, 2.45) is 5.10 Å². The molecule has 168 valence electrons. The van der Waals surface area contributed by atoms with Gasteiger partial charge in [0.25, 0.3) is 5.91 Å². The van der Waals surface area contributed by atoms with Crippen molar-refractivity contribution >= 4 is 23.2 Å². The largest absolute Gasteiger partial charge is 0.329 e. The van der Waals surface area contributed by atoms with Crippen molar-refractivity contribution in [2.75, 3.05) is 0 Å². The second-order valence-electron chi connectivity index (χ2n) is 7.89. The van der Waals surface area contributed by atoms with E-state index in [4.69, 9.17) is 5.10 Å². The van der Waals surface area contributed by atoms with Crippen LogP contribution < -0.4 is 5.43 Å². The Hall–Kier alpha value is -4.52. The van der Waals surface area contributed by atoms with Gasteiger partial charge in [0.05, 0.1) is 22.9 Å². The molecule has 5 aromatic rings. The Kier molecular flexibility index (Phi) is 5.74. The van der Waals surface area contributed by atoms with Crippen LogP contribution >= 0.6 is 0 Å². The zero-order valence-corrected chi connectivity index (χ0v) is 19.0. The van der Waals surface area contributed by atoms with Crippen molar-refractivity contribution in [2.45, 2.75) is 20.4 Å². The lowest BCUT2D eigenvalue weighted by Crippen LogP contribution is -2.17. The summed E-state index contributed by atoms with van der Waals surface area (Å²) in [6.45, 7) is 4.87. The zero-order valence-electron chi connectivity index (χ0n) is 19.0. The maximum absolute atomic E-state index is 12.7. The molecule has 7 nitrogen and oxygen atoms in total. The highest BCUT2D eigenvalue weighted by Gasteiger charge is 2.12. The van der Waals surface area contributed by atoms with Gasteiger partial charge < -0.3 is 4.57 Å². The number of carbonyl (C=O) groups excluding carboxylic acids is 1. The maximum atomic E-state index is 12.7. The number of para-hydroxylation sites is 1. The summed E-state index contributed by atoms with van der Waals surface area (Å²) in [6, 6.07) is 25.3. The van der Waals surface area contributed by atoms with Crippen LogP contribution in [0.1, 0.15) is 28.7 Å². The summed E-state index contributed by atoms with van der Waals surface area (Å²) >= 11 is 0. The number of rotatable bonds is 6. The second-order valence-corrected chi connectivity index (χ2v) is 7.89. The van der Waals surface area contributed by atoms with Crippen LogP contribution in [0.25, 0.3) is 28.0 Å². The summed E-state index contributed by atoms with van der Waals surface area (Å²) in [4.78, 5) is 17.3. The van der Waals surface area contributed by atoms with E-state index < -0.39 is 0 Å². The predicted molar refractivity (Wildman–Crippen MR) is 134 cm³/mol. The Morgan fingerprint density at radius 2 is 1.76 bits per heavy atom. The average Bonchev–Trinajstić information content (AvgIpc) is 3.44. The van der Waals surface area contributed by atoms with Gasteiger partial charge in [-0.2, -0.15) is 10.2 Å². The number of benzene rings is 3. The van der Waals surface area contributed by atoms with E-state index in [1.54, 1.807) is 18.3 Å². The molecule has 0 unspecified atom stereocenters. The average molecular weight is 449 g/mol. The van der Waals surface area contributed by atoms with E-state index in [0.717, 1.165) is 45.9 Å². The number of aryl methyl sites for hydroxylation is 2. The smallest absolute Gasteiger partial charge is 0.271 e. The molecule has 0 bridgehead atoms. The molecule has 0 saturated heterocycles. The lowest BCUT2D eigenvalue weighted by molar-refractivity contribution is 0.0955. The van der Waals surface area contributed by atoms with Crippen LogP contribution in [-0.2, 0) is 6.54 Å². The van der Waals surface area contributed by atoms with Gasteiger partial charge in [-0.1, -0.05) is 48.5 Å².